The maximum absolute atomic E-state index is 10.2. The third-order valence-electron chi connectivity index (χ3n) is 3.76. The molecule has 3 rings (SSSR count). The normalized spacial score (nSPS) is 33.3. The van der Waals surface area contributed by atoms with Crippen LogP contribution in [0.1, 0.15) is 29.9 Å². The number of aliphatic hydroxyl groups excluding tert-OH is 1. The van der Waals surface area contributed by atoms with Gasteiger partial charge in [-0.05, 0) is 36.3 Å². The molecule has 0 aromatic heterocycles. The molecule has 0 aliphatic heterocycles. The topological polar surface area (TPSA) is 20.2 Å². The Morgan fingerprint density at radius 2 is 2.07 bits per heavy atom. The third-order valence-corrected chi connectivity index (χ3v) is 3.76. The summed E-state index contributed by atoms with van der Waals surface area (Å²) in [6.45, 7) is 0. The van der Waals surface area contributed by atoms with Gasteiger partial charge < -0.3 is 5.11 Å². The molecule has 2 aliphatic rings. The van der Waals surface area contributed by atoms with Gasteiger partial charge in [-0.25, -0.2) is 0 Å². The Morgan fingerprint density at radius 3 is 3.00 bits per heavy atom. The van der Waals surface area contributed by atoms with Crippen LogP contribution in [0.2, 0.25) is 0 Å². The van der Waals surface area contributed by atoms with Gasteiger partial charge >= 0.3 is 0 Å². The third kappa shape index (κ3) is 1.42. The molecule has 1 nitrogen and oxygen atoms in total. The fraction of sp³-hybridized carbons (Fsp3) is 0.429. The molecule has 0 radical (unpaired) electrons. The lowest BCUT2D eigenvalue weighted by molar-refractivity contribution is 0.125. The molecule has 1 N–H and O–H groups in total. The minimum atomic E-state index is -0.159. The molecule has 0 saturated carbocycles. The summed E-state index contributed by atoms with van der Waals surface area (Å²) in [6.07, 6.45) is 7.42. The first-order valence-electron chi connectivity index (χ1n) is 5.79. The van der Waals surface area contributed by atoms with Crippen molar-refractivity contribution in [3.63, 3.8) is 0 Å². The Morgan fingerprint density at radius 1 is 1.20 bits per heavy atom. The Balaban J connectivity index is 2.05. The monoisotopic (exact) mass is 200 g/mol. The van der Waals surface area contributed by atoms with E-state index in [0.717, 1.165) is 19.3 Å². The highest BCUT2D eigenvalue weighted by atomic mass is 16.3. The maximum atomic E-state index is 10.2. The van der Waals surface area contributed by atoms with Gasteiger partial charge in [0.25, 0.3) is 0 Å². The standard InChI is InChI=1S/C14H16O/c15-13-8-4-2-6-11-9-10-5-1-3-7-12(10)14(11)13/h1-3,5-7,11,13-15H,4,8-9H2/t11-,13+,14-/m1/s1. The van der Waals surface area contributed by atoms with Crippen LogP contribution in [0.25, 0.3) is 0 Å². The van der Waals surface area contributed by atoms with Crippen molar-refractivity contribution < 1.29 is 5.11 Å². The highest BCUT2D eigenvalue weighted by molar-refractivity contribution is 5.39. The van der Waals surface area contributed by atoms with E-state index in [2.05, 4.69) is 36.4 Å². The molecule has 0 amide bonds. The van der Waals surface area contributed by atoms with E-state index in [1.54, 1.807) is 0 Å². The van der Waals surface area contributed by atoms with Crippen molar-refractivity contribution in [1.29, 1.82) is 0 Å². The van der Waals surface area contributed by atoms with Crippen molar-refractivity contribution in [2.75, 3.05) is 0 Å². The van der Waals surface area contributed by atoms with Gasteiger partial charge in [0.2, 0.25) is 0 Å². The van der Waals surface area contributed by atoms with Gasteiger partial charge in [0.1, 0.15) is 0 Å². The van der Waals surface area contributed by atoms with Crippen LogP contribution in [-0.2, 0) is 6.42 Å². The van der Waals surface area contributed by atoms with Gasteiger partial charge in [-0.2, -0.15) is 0 Å². The fourth-order valence-corrected chi connectivity index (χ4v) is 3.05. The predicted molar refractivity (Wildman–Crippen MR) is 60.8 cm³/mol. The first-order chi connectivity index (χ1) is 7.36. The summed E-state index contributed by atoms with van der Waals surface area (Å²) in [7, 11) is 0. The molecule has 0 unspecified atom stereocenters. The molecule has 0 bridgehead atoms. The smallest absolute Gasteiger partial charge is 0.0617 e. The van der Waals surface area contributed by atoms with Crippen molar-refractivity contribution in [3.05, 3.63) is 47.5 Å². The van der Waals surface area contributed by atoms with E-state index in [4.69, 9.17) is 0 Å². The second kappa shape index (κ2) is 3.49. The van der Waals surface area contributed by atoms with Gasteiger partial charge in [0.15, 0.2) is 0 Å². The number of hydrogen-bond donors (Lipinski definition) is 1. The molecule has 1 heteroatoms. The van der Waals surface area contributed by atoms with Gasteiger partial charge in [-0.3, -0.25) is 0 Å². The van der Waals surface area contributed by atoms with Crippen molar-refractivity contribution >= 4 is 0 Å². The number of aliphatic hydroxyl groups is 1. The van der Waals surface area contributed by atoms with E-state index in [1.807, 2.05) is 0 Å². The molecule has 3 atom stereocenters. The number of fused-ring (bicyclic) bond motifs is 3. The summed E-state index contributed by atoms with van der Waals surface area (Å²) in [5.41, 5.74) is 2.81. The second-order valence-electron chi connectivity index (χ2n) is 4.67. The number of allylic oxidation sites excluding steroid dienone is 2. The molecule has 1 aromatic carbocycles. The van der Waals surface area contributed by atoms with Gasteiger partial charge in [0.05, 0.1) is 6.10 Å². The van der Waals surface area contributed by atoms with Crippen LogP contribution in [0.5, 0.6) is 0 Å². The highest BCUT2D eigenvalue weighted by Gasteiger charge is 2.36. The van der Waals surface area contributed by atoms with E-state index in [-0.39, 0.29) is 6.10 Å². The van der Waals surface area contributed by atoms with Crippen molar-refractivity contribution in [3.8, 4) is 0 Å². The van der Waals surface area contributed by atoms with Gasteiger partial charge in [0, 0.05) is 5.92 Å². The Bertz CT molecular complexity index is 394. The second-order valence-corrected chi connectivity index (χ2v) is 4.67. The Kier molecular flexibility index (Phi) is 2.14. The molecule has 2 aliphatic carbocycles. The summed E-state index contributed by atoms with van der Waals surface area (Å²) in [5.74, 6) is 0.875. The SMILES string of the molecule is O[C@H]1CCC=C[C@@H]2Cc3ccccc3[C@@H]21. The molecule has 0 saturated heterocycles. The lowest BCUT2D eigenvalue weighted by Crippen LogP contribution is -2.20. The summed E-state index contributed by atoms with van der Waals surface area (Å²) >= 11 is 0. The average molecular weight is 200 g/mol. The largest absolute Gasteiger partial charge is 0.392 e. The van der Waals surface area contributed by atoms with E-state index >= 15 is 0 Å². The lowest BCUT2D eigenvalue weighted by atomic mass is 9.87. The molecular formula is C14H16O. The lowest BCUT2D eigenvalue weighted by Gasteiger charge is -2.21. The fourth-order valence-electron chi connectivity index (χ4n) is 3.05. The van der Waals surface area contributed by atoms with Crippen molar-refractivity contribution in [2.24, 2.45) is 5.92 Å². The zero-order chi connectivity index (χ0) is 10.3. The number of hydrogen-bond acceptors (Lipinski definition) is 1. The molecule has 78 valence electrons. The van der Waals surface area contributed by atoms with E-state index in [1.165, 1.54) is 11.1 Å². The minimum absolute atomic E-state index is 0.159. The van der Waals surface area contributed by atoms with E-state index in [0.29, 0.717) is 11.8 Å². The summed E-state index contributed by atoms with van der Waals surface area (Å²) in [6, 6.07) is 8.57. The molecular weight excluding hydrogens is 184 g/mol. The Hall–Kier alpha value is -1.08. The summed E-state index contributed by atoms with van der Waals surface area (Å²) < 4.78 is 0. The first kappa shape index (κ1) is 9.17. The van der Waals surface area contributed by atoms with Crippen molar-refractivity contribution in [2.45, 2.75) is 31.3 Å². The highest BCUT2D eigenvalue weighted by Crippen LogP contribution is 2.43. The van der Waals surface area contributed by atoms with Crippen LogP contribution >= 0.6 is 0 Å². The van der Waals surface area contributed by atoms with Crippen molar-refractivity contribution in [1.82, 2.24) is 0 Å². The first-order valence-corrected chi connectivity index (χ1v) is 5.79. The molecule has 0 spiro atoms. The van der Waals surface area contributed by atoms with Crippen LogP contribution < -0.4 is 0 Å². The molecule has 0 heterocycles. The van der Waals surface area contributed by atoms with E-state index in [9.17, 15) is 5.11 Å². The summed E-state index contributed by atoms with van der Waals surface area (Å²) in [4.78, 5) is 0. The minimum Gasteiger partial charge on any atom is -0.392 e. The van der Waals surface area contributed by atoms with Crippen LogP contribution in [0.4, 0.5) is 0 Å². The van der Waals surface area contributed by atoms with Crippen LogP contribution in [0, 0.1) is 5.92 Å². The number of rotatable bonds is 0. The zero-order valence-electron chi connectivity index (χ0n) is 8.76. The molecule has 15 heavy (non-hydrogen) atoms. The zero-order valence-corrected chi connectivity index (χ0v) is 8.76. The quantitative estimate of drug-likeness (QED) is 0.638. The van der Waals surface area contributed by atoms with E-state index < -0.39 is 0 Å². The Labute approximate surface area is 90.4 Å². The molecule has 0 fully saturated rings. The summed E-state index contributed by atoms with van der Waals surface area (Å²) in [5, 5.41) is 10.2. The molecule has 1 aromatic rings. The number of benzene rings is 1. The van der Waals surface area contributed by atoms with Crippen LogP contribution in [-0.4, -0.2) is 11.2 Å². The van der Waals surface area contributed by atoms with Crippen LogP contribution in [0.3, 0.4) is 0 Å². The van der Waals surface area contributed by atoms with Gasteiger partial charge in [-0.15, -0.1) is 0 Å². The average Bonchev–Trinajstić information content (AvgIpc) is 2.53. The predicted octanol–water partition coefficient (Wildman–Crippen LogP) is 2.65. The van der Waals surface area contributed by atoms with Gasteiger partial charge in [-0.1, -0.05) is 36.4 Å². The van der Waals surface area contributed by atoms with Crippen LogP contribution in [0.15, 0.2) is 36.4 Å². The maximum Gasteiger partial charge on any atom is 0.0617 e.